The third-order valence-electron chi connectivity index (χ3n) is 2.85. The van der Waals surface area contributed by atoms with Crippen molar-refractivity contribution in [2.75, 3.05) is 6.61 Å². The third kappa shape index (κ3) is 3.29. The average Bonchev–Trinajstić information content (AvgIpc) is 2.12. The lowest BCUT2D eigenvalue weighted by molar-refractivity contribution is 0.145. The van der Waals surface area contributed by atoms with Gasteiger partial charge in [-0.05, 0) is 31.1 Å². The van der Waals surface area contributed by atoms with Gasteiger partial charge in [-0.2, -0.15) is 0 Å². The maximum Gasteiger partial charge on any atom is 0.157 e. The first-order valence-electron chi connectivity index (χ1n) is 5.21. The van der Waals surface area contributed by atoms with Crippen LogP contribution in [0.4, 0.5) is 0 Å². The molecule has 0 radical (unpaired) electrons. The lowest BCUT2D eigenvalue weighted by Gasteiger charge is -2.25. The summed E-state index contributed by atoms with van der Waals surface area (Å²) in [5.41, 5.74) is 1.24. The topological polar surface area (TPSA) is 21.6 Å². The van der Waals surface area contributed by atoms with E-state index in [0.717, 1.165) is 31.1 Å². The maximum atomic E-state index is 5.13. The molecule has 1 saturated carbocycles. The molecule has 1 aliphatic rings. The van der Waals surface area contributed by atoms with Gasteiger partial charge in [-0.1, -0.05) is 19.0 Å². The molecule has 0 bridgehead atoms. The minimum Gasteiger partial charge on any atom is -0.391 e. The molecule has 0 aromatic rings. The minimum absolute atomic E-state index is 0.646. The fourth-order valence-electron chi connectivity index (χ4n) is 1.64. The minimum atomic E-state index is 0.646. The number of rotatable bonds is 3. The summed E-state index contributed by atoms with van der Waals surface area (Å²) >= 11 is 0. The Hall–Kier alpha value is -0.660. The molecule has 2 nitrogen and oxygen atoms in total. The van der Waals surface area contributed by atoms with Crippen LogP contribution in [0.25, 0.3) is 0 Å². The Bertz CT molecular complexity index is 177. The average molecular weight is 182 g/mol. The Morgan fingerprint density at radius 2 is 2.23 bits per heavy atom. The molecule has 1 fully saturated rings. The number of oxime groups is 1. The molecule has 0 saturated heterocycles. The lowest BCUT2D eigenvalue weighted by atomic mass is 9.81. The molecule has 0 aliphatic heterocycles. The van der Waals surface area contributed by atoms with E-state index < -0.39 is 0 Å². The zero-order valence-electron chi connectivity index (χ0n) is 8.75. The van der Waals surface area contributed by atoms with E-state index in [1.54, 1.807) is 0 Å². The predicted molar refractivity (Wildman–Crippen MR) is 55.5 cm³/mol. The second kappa shape index (κ2) is 5.15. The highest BCUT2D eigenvalue weighted by Gasteiger charge is 2.21. The van der Waals surface area contributed by atoms with Crippen LogP contribution in [0.2, 0.25) is 0 Å². The van der Waals surface area contributed by atoms with Crippen molar-refractivity contribution in [1.82, 2.24) is 0 Å². The molecule has 1 rings (SSSR count). The highest BCUT2D eigenvalue weighted by Crippen LogP contribution is 2.27. The van der Waals surface area contributed by atoms with Crippen LogP contribution in [0.3, 0.4) is 0 Å². The Morgan fingerprint density at radius 3 is 2.85 bits per heavy atom. The fourth-order valence-corrected chi connectivity index (χ4v) is 1.64. The van der Waals surface area contributed by atoms with Crippen molar-refractivity contribution in [2.45, 2.75) is 39.5 Å². The van der Waals surface area contributed by atoms with E-state index in [4.69, 9.17) is 4.84 Å². The SMILES string of the molecule is [CH2+]CCO/N=C1\CCC(C)C(C)C1. The van der Waals surface area contributed by atoms with Gasteiger partial charge in [0.25, 0.3) is 0 Å². The molecule has 0 heterocycles. The van der Waals surface area contributed by atoms with Crippen LogP contribution >= 0.6 is 0 Å². The van der Waals surface area contributed by atoms with Gasteiger partial charge in [0.15, 0.2) is 6.61 Å². The number of hydrogen-bond acceptors (Lipinski definition) is 2. The normalized spacial score (nSPS) is 32.0. The van der Waals surface area contributed by atoms with Gasteiger partial charge in [0.2, 0.25) is 0 Å². The zero-order chi connectivity index (χ0) is 9.68. The summed E-state index contributed by atoms with van der Waals surface area (Å²) in [7, 11) is 0. The standard InChI is InChI=1S/C11H20NO/c1-4-7-13-12-11-6-5-9(2)10(3)8-11/h9-10H,1,4-8H2,2-3H3/q+1/b12-11+. The largest absolute Gasteiger partial charge is 0.391 e. The molecular formula is C11H20NO+. The third-order valence-corrected chi connectivity index (χ3v) is 2.85. The Morgan fingerprint density at radius 1 is 1.46 bits per heavy atom. The molecule has 0 aromatic carbocycles. The summed E-state index contributed by atoms with van der Waals surface area (Å²) in [4.78, 5) is 5.13. The summed E-state index contributed by atoms with van der Waals surface area (Å²) in [6.07, 6.45) is 4.28. The van der Waals surface area contributed by atoms with Crippen molar-refractivity contribution < 1.29 is 4.84 Å². The molecule has 74 valence electrons. The van der Waals surface area contributed by atoms with Gasteiger partial charge in [-0.3, -0.25) is 0 Å². The van der Waals surface area contributed by atoms with Gasteiger partial charge in [0.1, 0.15) is 6.42 Å². The zero-order valence-corrected chi connectivity index (χ0v) is 8.75. The summed E-state index contributed by atoms with van der Waals surface area (Å²) in [6, 6.07) is 0. The fraction of sp³-hybridized carbons (Fsp3) is 0.818. The first-order valence-corrected chi connectivity index (χ1v) is 5.21. The summed E-state index contributed by atoms with van der Waals surface area (Å²) in [5.74, 6) is 1.60. The van der Waals surface area contributed by atoms with Crippen LogP contribution in [-0.2, 0) is 4.84 Å². The Labute approximate surface area is 81.3 Å². The number of nitrogens with zero attached hydrogens (tertiary/aromatic N) is 1. The summed E-state index contributed by atoms with van der Waals surface area (Å²) in [6.45, 7) is 8.96. The lowest BCUT2D eigenvalue weighted by Crippen LogP contribution is -2.20. The van der Waals surface area contributed by atoms with E-state index in [2.05, 4.69) is 25.9 Å². The first kappa shape index (κ1) is 10.4. The van der Waals surface area contributed by atoms with Crippen molar-refractivity contribution >= 4 is 5.71 Å². The van der Waals surface area contributed by atoms with Crippen LogP contribution < -0.4 is 0 Å². The molecule has 1 aliphatic carbocycles. The van der Waals surface area contributed by atoms with Gasteiger partial charge in [-0.25, -0.2) is 0 Å². The van der Waals surface area contributed by atoms with Crippen molar-refractivity contribution in [1.29, 1.82) is 0 Å². The van der Waals surface area contributed by atoms with Crippen molar-refractivity contribution in [3.63, 3.8) is 0 Å². The monoisotopic (exact) mass is 182 g/mol. The van der Waals surface area contributed by atoms with Crippen molar-refractivity contribution in [3.8, 4) is 0 Å². The van der Waals surface area contributed by atoms with Gasteiger partial charge in [-0.15, -0.1) is 0 Å². The molecule has 13 heavy (non-hydrogen) atoms. The second-order valence-electron chi connectivity index (χ2n) is 4.04. The van der Waals surface area contributed by atoms with Crippen molar-refractivity contribution in [3.05, 3.63) is 6.92 Å². The first-order chi connectivity index (χ1) is 6.24. The van der Waals surface area contributed by atoms with E-state index in [9.17, 15) is 0 Å². The van der Waals surface area contributed by atoms with Crippen LogP contribution in [0.15, 0.2) is 5.16 Å². The predicted octanol–water partition coefficient (Wildman–Crippen LogP) is 3.04. The van der Waals surface area contributed by atoms with E-state index in [0.29, 0.717) is 6.61 Å². The second-order valence-corrected chi connectivity index (χ2v) is 4.04. The Balaban J connectivity index is 2.32. The summed E-state index contributed by atoms with van der Waals surface area (Å²) < 4.78 is 0. The van der Waals surface area contributed by atoms with Gasteiger partial charge < -0.3 is 4.84 Å². The molecule has 2 unspecified atom stereocenters. The molecule has 0 N–H and O–H groups in total. The Kier molecular flexibility index (Phi) is 4.13. The van der Waals surface area contributed by atoms with Crippen molar-refractivity contribution in [2.24, 2.45) is 17.0 Å². The van der Waals surface area contributed by atoms with Crippen LogP contribution in [0, 0.1) is 18.8 Å². The number of hydrogen-bond donors (Lipinski definition) is 0. The highest BCUT2D eigenvalue weighted by atomic mass is 16.6. The van der Waals surface area contributed by atoms with Gasteiger partial charge >= 0.3 is 0 Å². The van der Waals surface area contributed by atoms with Crippen LogP contribution in [0.1, 0.15) is 39.5 Å². The molecule has 0 aromatic heterocycles. The molecular weight excluding hydrogens is 162 g/mol. The van der Waals surface area contributed by atoms with Gasteiger partial charge in [0, 0.05) is 0 Å². The maximum absolute atomic E-state index is 5.13. The molecule has 2 heteroatoms. The van der Waals surface area contributed by atoms with Crippen LogP contribution in [0.5, 0.6) is 0 Å². The summed E-state index contributed by atoms with van der Waals surface area (Å²) in [5, 5.41) is 4.13. The van der Waals surface area contributed by atoms with Gasteiger partial charge in [0.05, 0.1) is 12.6 Å². The molecule has 2 atom stereocenters. The van der Waals surface area contributed by atoms with E-state index >= 15 is 0 Å². The molecule has 0 spiro atoms. The van der Waals surface area contributed by atoms with E-state index in [1.165, 1.54) is 12.1 Å². The highest BCUT2D eigenvalue weighted by molar-refractivity contribution is 5.84. The van der Waals surface area contributed by atoms with Crippen LogP contribution in [-0.4, -0.2) is 12.3 Å². The quantitative estimate of drug-likeness (QED) is 0.373. The van der Waals surface area contributed by atoms with E-state index in [1.807, 2.05) is 0 Å². The smallest absolute Gasteiger partial charge is 0.157 e. The molecule has 0 amide bonds. The van der Waals surface area contributed by atoms with E-state index in [-0.39, 0.29) is 0 Å².